The summed E-state index contributed by atoms with van der Waals surface area (Å²) in [6, 6.07) is 0. The fourth-order valence-corrected chi connectivity index (χ4v) is 1.43. The molecular weight excluding hydrogens is 114 g/mol. The zero-order chi connectivity index (χ0) is 7.12. The Hall–Kier alpha value is -0.0800. The van der Waals surface area contributed by atoms with Crippen molar-refractivity contribution < 1.29 is 4.74 Å². The molecule has 1 saturated heterocycles. The van der Waals surface area contributed by atoms with Crippen LogP contribution in [0, 0.1) is 0 Å². The third-order valence-electron chi connectivity index (χ3n) is 1.62. The Labute approximate surface area is 56.4 Å². The molecule has 1 aliphatic rings. The van der Waals surface area contributed by atoms with Crippen LogP contribution in [-0.2, 0) is 4.74 Å². The molecular formula is C7H15NO. The summed E-state index contributed by atoms with van der Waals surface area (Å²) in [5.41, 5.74) is 5.74. The van der Waals surface area contributed by atoms with Gasteiger partial charge in [0.05, 0.1) is 12.2 Å². The van der Waals surface area contributed by atoms with Crippen LogP contribution in [0.4, 0.5) is 0 Å². The molecule has 2 N–H and O–H groups in total. The molecule has 0 aromatic carbocycles. The second kappa shape index (κ2) is 1.70. The van der Waals surface area contributed by atoms with Crippen LogP contribution in [0.15, 0.2) is 0 Å². The third kappa shape index (κ3) is 1.66. The normalized spacial score (nSPS) is 41.3. The van der Waals surface area contributed by atoms with E-state index in [1.807, 2.05) is 6.92 Å². The highest BCUT2D eigenvalue weighted by molar-refractivity contribution is 4.93. The summed E-state index contributed by atoms with van der Waals surface area (Å²) >= 11 is 0. The average molecular weight is 129 g/mol. The molecule has 1 rings (SSSR count). The van der Waals surface area contributed by atoms with Gasteiger partial charge in [-0.1, -0.05) is 0 Å². The van der Waals surface area contributed by atoms with Gasteiger partial charge in [0.15, 0.2) is 0 Å². The summed E-state index contributed by atoms with van der Waals surface area (Å²) < 4.78 is 5.43. The smallest absolute Gasteiger partial charge is 0.0651 e. The van der Waals surface area contributed by atoms with Crippen LogP contribution < -0.4 is 5.73 Å². The zero-order valence-electron chi connectivity index (χ0n) is 6.40. The maximum absolute atomic E-state index is 5.83. The molecule has 0 bridgehead atoms. The third-order valence-corrected chi connectivity index (χ3v) is 1.62. The quantitative estimate of drug-likeness (QED) is 0.527. The van der Waals surface area contributed by atoms with Gasteiger partial charge in [0.1, 0.15) is 0 Å². The topological polar surface area (TPSA) is 35.2 Å². The lowest BCUT2D eigenvalue weighted by Gasteiger charge is -2.18. The van der Waals surface area contributed by atoms with E-state index in [1.54, 1.807) is 0 Å². The van der Waals surface area contributed by atoms with Crippen molar-refractivity contribution in [3.8, 4) is 0 Å². The van der Waals surface area contributed by atoms with Crippen LogP contribution in [-0.4, -0.2) is 17.7 Å². The summed E-state index contributed by atoms with van der Waals surface area (Å²) in [6.45, 7) is 6.87. The summed E-state index contributed by atoms with van der Waals surface area (Å²) in [5, 5.41) is 0. The van der Waals surface area contributed by atoms with Crippen molar-refractivity contribution in [1.29, 1.82) is 0 Å². The van der Waals surface area contributed by atoms with Crippen molar-refractivity contribution in [2.75, 3.05) is 6.61 Å². The fraction of sp³-hybridized carbons (Fsp3) is 1.00. The molecule has 0 spiro atoms. The van der Waals surface area contributed by atoms with Crippen molar-refractivity contribution in [3.05, 3.63) is 0 Å². The standard InChI is InChI=1S/C7H15NO/c1-6(2)4-7(3,8)5-9-6/h4-5,8H2,1-3H3/t7-/m0/s1. The highest BCUT2D eigenvalue weighted by atomic mass is 16.5. The van der Waals surface area contributed by atoms with E-state index in [-0.39, 0.29) is 11.1 Å². The molecule has 54 valence electrons. The molecule has 0 aliphatic carbocycles. The van der Waals surface area contributed by atoms with Crippen molar-refractivity contribution in [2.24, 2.45) is 5.73 Å². The van der Waals surface area contributed by atoms with Crippen molar-refractivity contribution in [2.45, 2.75) is 38.3 Å². The minimum atomic E-state index is -0.0938. The lowest BCUT2D eigenvalue weighted by molar-refractivity contribution is 0.0345. The SMILES string of the molecule is CC1(C)C[C@](C)(N)CO1. The van der Waals surface area contributed by atoms with Gasteiger partial charge < -0.3 is 10.5 Å². The summed E-state index contributed by atoms with van der Waals surface area (Å²) in [6.07, 6.45) is 0.958. The van der Waals surface area contributed by atoms with Gasteiger partial charge >= 0.3 is 0 Å². The largest absolute Gasteiger partial charge is 0.374 e. The molecule has 0 unspecified atom stereocenters. The van der Waals surface area contributed by atoms with E-state index >= 15 is 0 Å². The van der Waals surface area contributed by atoms with Crippen LogP contribution in [0.2, 0.25) is 0 Å². The Morgan fingerprint density at radius 2 is 1.89 bits per heavy atom. The molecule has 1 heterocycles. The minimum absolute atomic E-state index is 0.00347. The van der Waals surface area contributed by atoms with Gasteiger partial charge in [0, 0.05) is 5.54 Å². The van der Waals surface area contributed by atoms with Crippen molar-refractivity contribution in [1.82, 2.24) is 0 Å². The van der Waals surface area contributed by atoms with E-state index in [0.29, 0.717) is 6.61 Å². The first kappa shape index (κ1) is 7.03. The van der Waals surface area contributed by atoms with E-state index < -0.39 is 0 Å². The number of nitrogens with two attached hydrogens (primary N) is 1. The monoisotopic (exact) mass is 129 g/mol. The van der Waals surface area contributed by atoms with Crippen LogP contribution in [0.1, 0.15) is 27.2 Å². The van der Waals surface area contributed by atoms with Crippen LogP contribution in [0.5, 0.6) is 0 Å². The number of rotatable bonds is 0. The number of hydrogen-bond acceptors (Lipinski definition) is 2. The summed E-state index contributed by atoms with van der Waals surface area (Å²) in [5.74, 6) is 0. The highest BCUT2D eigenvalue weighted by Gasteiger charge is 2.37. The predicted molar refractivity (Wildman–Crippen MR) is 37.2 cm³/mol. The number of ether oxygens (including phenoxy) is 1. The number of hydrogen-bond donors (Lipinski definition) is 1. The Bertz CT molecular complexity index is 104. The molecule has 0 radical (unpaired) electrons. The summed E-state index contributed by atoms with van der Waals surface area (Å²) in [4.78, 5) is 0. The van der Waals surface area contributed by atoms with E-state index in [0.717, 1.165) is 6.42 Å². The van der Waals surface area contributed by atoms with Gasteiger partial charge in [-0.05, 0) is 27.2 Å². The molecule has 0 aromatic rings. The molecule has 1 fully saturated rings. The van der Waals surface area contributed by atoms with E-state index in [4.69, 9.17) is 10.5 Å². The Morgan fingerprint density at radius 3 is 2.00 bits per heavy atom. The van der Waals surface area contributed by atoms with Crippen molar-refractivity contribution >= 4 is 0 Å². The molecule has 1 aliphatic heterocycles. The Morgan fingerprint density at radius 1 is 1.33 bits per heavy atom. The van der Waals surface area contributed by atoms with Crippen LogP contribution in [0.25, 0.3) is 0 Å². The second-order valence-corrected chi connectivity index (χ2v) is 3.88. The molecule has 0 aromatic heterocycles. The first-order chi connectivity index (χ1) is 3.91. The van der Waals surface area contributed by atoms with E-state index in [2.05, 4.69) is 13.8 Å². The summed E-state index contributed by atoms with van der Waals surface area (Å²) in [7, 11) is 0. The molecule has 9 heavy (non-hydrogen) atoms. The van der Waals surface area contributed by atoms with Gasteiger partial charge in [-0.25, -0.2) is 0 Å². The Kier molecular flexibility index (Phi) is 1.33. The van der Waals surface area contributed by atoms with Gasteiger partial charge in [-0.3, -0.25) is 0 Å². The van der Waals surface area contributed by atoms with Gasteiger partial charge in [0.25, 0.3) is 0 Å². The molecule has 1 atom stereocenters. The van der Waals surface area contributed by atoms with Crippen LogP contribution >= 0.6 is 0 Å². The molecule has 2 heteroatoms. The van der Waals surface area contributed by atoms with Gasteiger partial charge in [0.2, 0.25) is 0 Å². The van der Waals surface area contributed by atoms with Gasteiger partial charge in [-0.15, -0.1) is 0 Å². The lowest BCUT2D eigenvalue weighted by atomic mass is 9.94. The maximum Gasteiger partial charge on any atom is 0.0651 e. The van der Waals surface area contributed by atoms with E-state index in [1.165, 1.54) is 0 Å². The lowest BCUT2D eigenvalue weighted by Crippen LogP contribution is -2.37. The fourth-order valence-electron chi connectivity index (χ4n) is 1.43. The molecule has 2 nitrogen and oxygen atoms in total. The maximum atomic E-state index is 5.83. The first-order valence-electron chi connectivity index (χ1n) is 3.34. The van der Waals surface area contributed by atoms with Crippen LogP contribution in [0.3, 0.4) is 0 Å². The molecule has 0 saturated carbocycles. The Balaban J connectivity index is 2.58. The van der Waals surface area contributed by atoms with Gasteiger partial charge in [-0.2, -0.15) is 0 Å². The minimum Gasteiger partial charge on any atom is -0.374 e. The second-order valence-electron chi connectivity index (χ2n) is 3.88. The van der Waals surface area contributed by atoms with Crippen molar-refractivity contribution in [3.63, 3.8) is 0 Å². The predicted octanol–water partition coefficient (Wildman–Crippen LogP) is 0.903. The molecule has 0 amide bonds. The highest BCUT2D eigenvalue weighted by Crippen LogP contribution is 2.29. The van der Waals surface area contributed by atoms with E-state index in [9.17, 15) is 0 Å². The average Bonchev–Trinajstić information content (AvgIpc) is 1.78. The first-order valence-corrected chi connectivity index (χ1v) is 3.34. The zero-order valence-corrected chi connectivity index (χ0v) is 6.40.